The molecule has 1 aromatic rings. The molecule has 0 aromatic heterocycles. The maximum absolute atomic E-state index is 10.8. The molecule has 2 aliphatic carbocycles. The van der Waals surface area contributed by atoms with Crippen molar-refractivity contribution in [2.75, 3.05) is 0 Å². The molecule has 0 spiro atoms. The van der Waals surface area contributed by atoms with Crippen LogP contribution in [0.25, 0.3) is 0 Å². The summed E-state index contributed by atoms with van der Waals surface area (Å²) in [5.74, 6) is 2.41. The highest BCUT2D eigenvalue weighted by molar-refractivity contribution is 7.85. The lowest BCUT2D eigenvalue weighted by Gasteiger charge is -2.04. The summed E-state index contributed by atoms with van der Waals surface area (Å²) < 4.78 is 30.3. The molecule has 0 heterocycles. The first-order chi connectivity index (χ1) is 6.57. The smallest absolute Gasteiger partial charge is 0.282 e. The van der Waals surface area contributed by atoms with Crippen LogP contribution in [0.15, 0.2) is 29.2 Å². The normalized spacial score (nSPS) is 33.6. The minimum absolute atomic E-state index is 0.0180. The summed E-state index contributed by atoms with van der Waals surface area (Å²) in [5, 5.41) is 0. The van der Waals surface area contributed by atoms with E-state index >= 15 is 0 Å². The number of benzene rings is 1. The molecule has 14 heavy (non-hydrogen) atoms. The predicted molar refractivity (Wildman–Crippen MR) is 50.6 cm³/mol. The molecule has 0 bridgehead atoms. The van der Waals surface area contributed by atoms with E-state index in [0.717, 1.165) is 11.8 Å². The topological polar surface area (TPSA) is 54.4 Å². The second kappa shape index (κ2) is 2.38. The third-order valence-corrected chi connectivity index (χ3v) is 4.10. The molecule has 3 nitrogen and oxygen atoms in total. The van der Waals surface area contributed by atoms with Crippen LogP contribution < -0.4 is 0 Å². The zero-order valence-electron chi connectivity index (χ0n) is 7.42. The molecular weight excluding hydrogens is 200 g/mol. The Labute approximate surface area is 82.5 Å². The molecule has 0 saturated heterocycles. The summed E-state index contributed by atoms with van der Waals surface area (Å²) in [6.45, 7) is 0. The average molecular weight is 210 g/mol. The lowest BCUT2D eigenvalue weighted by molar-refractivity contribution is 0.483. The predicted octanol–water partition coefficient (Wildman–Crippen LogP) is 1.67. The van der Waals surface area contributed by atoms with Crippen molar-refractivity contribution in [1.82, 2.24) is 0 Å². The van der Waals surface area contributed by atoms with E-state index < -0.39 is 10.1 Å². The SMILES string of the molecule is O=S(=O)(O)c1ccc(C2C3CC32)cc1. The van der Waals surface area contributed by atoms with Crippen LogP contribution in [0, 0.1) is 11.8 Å². The highest BCUT2D eigenvalue weighted by Gasteiger charge is 2.64. The van der Waals surface area contributed by atoms with Crippen molar-refractivity contribution in [3.05, 3.63) is 29.8 Å². The third kappa shape index (κ3) is 1.18. The van der Waals surface area contributed by atoms with Gasteiger partial charge in [-0.25, -0.2) is 0 Å². The van der Waals surface area contributed by atoms with Crippen LogP contribution in [-0.2, 0) is 10.1 Å². The lowest BCUT2D eigenvalue weighted by atomic mass is 10.0. The van der Waals surface area contributed by atoms with Crippen LogP contribution >= 0.6 is 0 Å². The highest BCUT2D eigenvalue weighted by Crippen LogP contribution is 2.73. The Kier molecular flexibility index (Phi) is 1.43. The standard InChI is InChI=1S/C10H10O3S/c11-14(12,13)7-3-1-6(2-4-7)10-8-5-9(8)10/h1-4,8-10H,5H2,(H,11,12,13). The van der Waals surface area contributed by atoms with Crippen molar-refractivity contribution in [3.63, 3.8) is 0 Å². The van der Waals surface area contributed by atoms with Crippen LogP contribution in [0.5, 0.6) is 0 Å². The van der Waals surface area contributed by atoms with Gasteiger partial charge in [-0.15, -0.1) is 0 Å². The average Bonchev–Trinajstić information content (AvgIpc) is 2.90. The van der Waals surface area contributed by atoms with Gasteiger partial charge in [-0.3, -0.25) is 4.55 Å². The van der Waals surface area contributed by atoms with E-state index in [9.17, 15) is 8.42 Å². The Balaban J connectivity index is 1.90. The van der Waals surface area contributed by atoms with E-state index in [1.807, 2.05) is 0 Å². The van der Waals surface area contributed by atoms with Gasteiger partial charge in [0, 0.05) is 0 Å². The first-order valence-electron chi connectivity index (χ1n) is 4.65. The zero-order chi connectivity index (χ0) is 9.92. The molecule has 2 unspecified atom stereocenters. The van der Waals surface area contributed by atoms with Gasteiger partial charge >= 0.3 is 0 Å². The largest absolute Gasteiger partial charge is 0.294 e. The molecule has 2 aliphatic rings. The Morgan fingerprint density at radius 1 is 1.14 bits per heavy atom. The fraction of sp³-hybridized carbons (Fsp3) is 0.400. The fourth-order valence-electron chi connectivity index (χ4n) is 2.13. The summed E-state index contributed by atoms with van der Waals surface area (Å²) in [4.78, 5) is -0.0180. The minimum Gasteiger partial charge on any atom is -0.282 e. The molecule has 74 valence electrons. The zero-order valence-corrected chi connectivity index (χ0v) is 8.24. The number of fused-ring (bicyclic) bond motifs is 1. The maximum atomic E-state index is 10.8. The fourth-order valence-corrected chi connectivity index (χ4v) is 2.61. The van der Waals surface area contributed by atoms with Gasteiger partial charge < -0.3 is 0 Å². The molecular formula is C10H10O3S. The van der Waals surface area contributed by atoms with Crippen molar-refractivity contribution in [3.8, 4) is 0 Å². The molecule has 2 atom stereocenters. The van der Waals surface area contributed by atoms with Crippen LogP contribution in [0.1, 0.15) is 17.9 Å². The second-order valence-electron chi connectivity index (χ2n) is 4.13. The molecule has 2 saturated carbocycles. The Morgan fingerprint density at radius 2 is 1.71 bits per heavy atom. The quantitative estimate of drug-likeness (QED) is 0.755. The highest BCUT2D eigenvalue weighted by atomic mass is 32.2. The van der Waals surface area contributed by atoms with Crippen LogP contribution in [0.4, 0.5) is 0 Å². The minimum atomic E-state index is -4.03. The number of rotatable bonds is 2. The summed E-state index contributed by atoms with van der Waals surface area (Å²) in [6.07, 6.45) is 1.34. The second-order valence-corrected chi connectivity index (χ2v) is 5.55. The van der Waals surface area contributed by atoms with E-state index in [1.165, 1.54) is 24.1 Å². The van der Waals surface area contributed by atoms with Crippen LogP contribution in [-0.4, -0.2) is 13.0 Å². The van der Waals surface area contributed by atoms with Crippen LogP contribution in [0.3, 0.4) is 0 Å². The third-order valence-electron chi connectivity index (χ3n) is 3.24. The van der Waals surface area contributed by atoms with Gasteiger partial charge in [0.25, 0.3) is 10.1 Å². The Hall–Kier alpha value is -0.870. The van der Waals surface area contributed by atoms with E-state index in [4.69, 9.17) is 4.55 Å². The molecule has 0 amide bonds. The molecule has 3 rings (SSSR count). The van der Waals surface area contributed by atoms with E-state index in [2.05, 4.69) is 0 Å². The van der Waals surface area contributed by atoms with Gasteiger partial charge in [0.2, 0.25) is 0 Å². The van der Waals surface area contributed by atoms with Crippen molar-refractivity contribution in [2.45, 2.75) is 17.2 Å². The lowest BCUT2D eigenvalue weighted by Crippen LogP contribution is -1.98. The Morgan fingerprint density at radius 3 is 2.07 bits per heavy atom. The van der Waals surface area contributed by atoms with Gasteiger partial charge in [-0.05, 0) is 41.9 Å². The molecule has 0 radical (unpaired) electrons. The van der Waals surface area contributed by atoms with Crippen LogP contribution in [0.2, 0.25) is 0 Å². The summed E-state index contributed by atoms with van der Waals surface area (Å²) in [5.41, 5.74) is 1.21. The van der Waals surface area contributed by atoms with Gasteiger partial charge in [0.15, 0.2) is 0 Å². The summed E-state index contributed by atoms with van der Waals surface area (Å²) >= 11 is 0. The van der Waals surface area contributed by atoms with Gasteiger partial charge in [-0.1, -0.05) is 12.1 Å². The van der Waals surface area contributed by atoms with E-state index in [0.29, 0.717) is 5.92 Å². The first-order valence-corrected chi connectivity index (χ1v) is 6.09. The van der Waals surface area contributed by atoms with E-state index in [-0.39, 0.29) is 4.90 Å². The number of hydrogen-bond acceptors (Lipinski definition) is 2. The van der Waals surface area contributed by atoms with Crippen molar-refractivity contribution >= 4 is 10.1 Å². The van der Waals surface area contributed by atoms with Crippen molar-refractivity contribution in [2.24, 2.45) is 11.8 Å². The molecule has 1 aromatic carbocycles. The van der Waals surface area contributed by atoms with Gasteiger partial charge in [0.05, 0.1) is 4.90 Å². The molecule has 1 N–H and O–H groups in total. The van der Waals surface area contributed by atoms with Gasteiger partial charge in [0.1, 0.15) is 0 Å². The van der Waals surface area contributed by atoms with Crippen molar-refractivity contribution in [1.29, 1.82) is 0 Å². The number of hydrogen-bond donors (Lipinski definition) is 1. The van der Waals surface area contributed by atoms with E-state index in [1.54, 1.807) is 12.1 Å². The Bertz CT molecular complexity index is 467. The summed E-state index contributed by atoms with van der Waals surface area (Å²) in [7, 11) is -4.03. The monoisotopic (exact) mass is 210 g/mol. The molecule has 0 aliphatic heterocycles. The maximum Gasteiger partial charge on any atom is 0.294 e. The first kappa shape index (κ1) is 8.44. The van der Waals surface area contributed by atoms with Gasteiger partial charge in [-0.2, -0.15) is 8.42 Å². The molecule has 4 heteroatoms. The summed E-state index contributed by atoms with van der Waals surface area (Å²) in [6, 6.07) is 6.56. The van der Waals surface area contributed by atoms with Crippen molar-refractivity contribution < 1.29 is 13.0 Å². The molecule has 2 fully saturated rings.